The van der Waals surface area contributed by atoms with Crippen LogP contribution in [0.15, 0.2) is 0 Å². The highest BCUT2D eigenvalue weighted by Crippen LogP contribution is 2.01. The van der Waals surface area contributed by atoms with Gasteiger partial charge < -0.3 is 20.0 Å². The molecular weight excluding hydrogens is 254 g/mol. The predicted molar refractivity (Wildman–Crippen MR) is 65.9 cm³/mol. The Hall–Kier alpha value is -1.83. The van der Waals surface area contributed by atoms with E-state index >= 15 is 0 Å². The van der Waals surface area contributed by atoms with Crippen molar-refractivity contribution in [1.29, 1.82) is 0 Å². The van der Waals surface area contributed by atoms with Gasteiger partial charge in [0.05, 0.1) is 6.54 Å². The summed E-state index contributed by atoms with van der Waals surface area (Å²) in [6.07, 6.45) is -1.05. The minimum absolute atomic E-state index is 0.137. The molecule has 1 heterocycles. The van der Waals surface area contributed by atoms with Gasteiger partial charge in [-0.25, -0.2) is 4.79 Å². The zero-order chi connectivity index (χ0) is 14.4. The second-order valence-corrected chi connectivity index (χ2v) is 4.45. The van der Waals surface area contributed by atoms with Gasteiger partial charge in [-0.05, 0) is 0 Å². The van der Waals surface area contributed by atoms with E-state index in [1.165, 1.54) is 16.7 Å². The molecule has 0 spiro atoms. The highest BCUT2D eigenvalue weighted by molar-refractivity contribution is 5.73. The molecule has 0 radical (unpaired) electrons. The molecule has 1 saturated heterocycles. The molecule has 1 rings (SSSR count). The first kappa shape index (κ1) is 15.2. The van der Waals surface area contributed by atoms with E-state index in [1.54, 1.807) is 4.90 Å². The standard InChI is InChI=1S/C11H19N3O5/c1-9(15)13-4-2-12(8-10(16)17)3-5-14(7-6-13)11(18)19/h2-8H2,1H3,(H,16,17)(H,18,19). The molecule has 19 heavy (non-hydrogen) atoms. The molecule has 8 heteroatoms. The highest BCUT2D eigenvalue weighted by atomic mass is 16.4. The molecule has 0 aromatic heterocycles. The topological polar surface area (TPSA) is 101 Å². The Labute approximate surface area is 111 Å². The number of carbonyl (C=O) groups excluding carboxylic acids is 1. The van der Waals surface area contributed by atoms with Crippen LogP contribution >= 0.6 is 0 Å². The van der Waals surface area contributed by atoms with Gasteiger partial charge in [-0.15, -0.1) is 0 Å². The maximum Gasteiger partial charge on any atom is 0.407 e. The molecular formula is C11H19N3O5. The molecule has 8 nitrogen and oxygen atoms in total. The summed E-state index contributed by atoms with van der Waals surface area (Å²) >= 11 is 0. The van der Waals surface area contributed by atoms with E-state index in [9.17, 15) is 14.4 Å². The Bertz CT molecular complexity index is 334. The third-order valence-corrected chi connectivity index (χ3v) is 3.09. The van der Waals surface area contributed by atoms with Crippen LogP contribution in [0.5, 0.6) is 0 Å². The molecule has 1 fully saturated rings. The lowest BCUT2D eigenvalue weighted by Gasteiger charge is -2.23. The number of carboxylic acids is 1. The molecule has 0 aliphatic carbocycles. The molecule has 108 valence electrons. The van der Waals surface area contributed by atoms with E-state index in [-0.39, 0.29) is 25.5 Å². The second kappa shape index (κ2) is 6.93. The van der Waals surface area contributed by atoms with Crippen molar-refractivity contribution in [2.24, 2.45) is 0 Å². The van der Waals surface area contributed by atoms with Gasteiger partial charge in [0, 0.05) is 46.2 Å². The second-order valence-electron chi connectivity index (χ2n) is 4.45. The maximum absolute atomic E-state index is 11.4. The lowest BCUT2D eigenvalue weighted by molar-refractivity contribution is -0.138. The van der Waals surface area contributed by atoms with E-state index in [0.717, 1.165) is 0 Å². The first-order valence-corrected chi connectivity index (χ1v) is 6.07. The van der Waals surface area contributed by atoms with E-state index in [4.69, 9.17) is 10.2 Å². The summed E-state index contributed by atoms with van der Waals surface area (Å²) in [4.78, 5) is 37.5. The molecule has 2 N–H and O–H groups in total. The van der Waals surface area contributed by atoms with E-state index in [0.29, 0.717) is 26.2 Å². The molecule has 1 aliphatic heterocycles. The minimum Gasteiger partial charge on any atom is -0.480 e. The molecule has 1 aliphatic rings. The fourth-order valence-corrected chi connectivity index (χ4v) is 1.96. The number of nitrogens with zero attached hydrogens (tertiary/aromatic N) is 3. The van der Waals surface area contributed by atoms with Crippen molar-refractivity contribution in [3.05, 3.63) is 0 Å². The van der Waals surface area contributed by atoms with Crippen LogP contribution in [0, 0.1) is 0 Å². The summed E-state index contributed by atoms with van der Waals surface area (Å²) < 4.78 is 0. The number of aliphatic carboxylic acids is 1. The average Bonchev–Trinajstić information content (AvgIpc) is 2.38. The van der Waals surface area contributed by atoms with Crippen LogP contribution in [0.3, 0.4) is 0 Å². The van der Waals surface area contributed by atoms with E-state index in [1.807, 2.05) is 0 Å². The summed E-state index contributed by atoms with van der Waals surface area (Å²) in [5, 5.41) is 17.8. The van der Waals surface area contributed by atoms with Gasteiger partial charge in [-0.2, -0.15) is 0 Å². The Morgan fingerprint density at radius 3 is 1.84 bits per heavy atom. The van der Waals surface area contributed by atoms with Crippen LogP contribution in [0.4, 0.5) is 4.79 Å². The van der Waals surface area contributed by atoms with Gasteiger partial charge in [-0.1, -0.05) is 0 Å². The van der Waals surface area contributed by atoms with Crippen molar-refractivity contribution in [2.45, 2.75) is 6.92 Å². The molecule has 0 aromatic rings. The smallest absolute Gasteiger partial charge is 0.407 e. The van der Waals surface area contributed by atoms with Crippen molar-refractivity contribution in [3.8, 4) is 0 Å². The van der Waals surface area contributed by atoms with Gasteiger partial charge in [-0.3, -0.25) is 14.5 Å². The fourth-order valence-electron chi connectivity index (χ4n) is 1.96. The zero-order valence-corrected chi connectivity index (χ0v) is 10.9. The maximum atomic E-state index is 11.4. The first-order chi connectivity index (χ1) is 8.90. The number of hydrogen-bond acceptors (Lipinski definition) is 4. The molecule has 0 saturated carbocycles. The van der Waals surface area contributed by atoms with Crippen LogP contribution in [0.2, 0.25) is 0 Å². The van der Waals surface area contributed by atoms with Gasteiger partial charge in [0.25, 0.3) is 0 Å². The van der Waals surface area contributed by atoms with Crippen molar-refractivity contribution in [1.82, 2.24) is 14.7 Å². The molecule has 0 aromatic carbocycles. The quantitative estimate of drug-likeness (QED) is 0.684. The fraction of sp³-hybridized carbons (Fsp3) is 0.727. The van der Waals surface area contributed by atoms with Crippen LogP contribution in [0.25, 0.3) is 0 Å². The molecule has 0 unspecified atom stereocenters. The first-order valence-electron chi connectivity index (χ1n) is 6.07. The van der Waals surface area contributed by atoms with Gasteiger partial charge >= 0.3 is 12.1 Å². The number of amides is 2. The third-order valence-electron chi connectivity index (χ3n) is 3.09. The zero-order valence-electron chi connectivity index (χ0n) is 10.9. The third kappa shape index (κ3) is 5.12. The molecule has 0 bridgehead atoms. The van der Waals surface area contributed by atoms with Crippen molar-refractivity contribution in [3.63, 3.8) is 0 Å². The lowest BCUT2D eigenvalue weighted by atomic mass is 10.4. The van der Waals surface area contributed by atoms with E-state index in [2.05, 4.69) is 0 Å². The molecule has 2 amide bonds. The monoisotopic (exact) mass is 273 g/mol. The highest BCUT2D eigenvalue weighted by Gasteiger charge is 2.21. The Morgan fingerprint density at radius 1 is 0.895 bits per heavy atom. The summed E-state index contributed by atoms with van der Waals surface area (Å²) in [7, 11) is 0. The van der Waals surface area contributed by atoms with Crippen molar-refractivity contribution >= 4 is 18.0 Å². The number of carboxylic acid groups (broad SMARTS) is 2. The van der Waals surface area contributed by atoms with Gasteiger partial charge in [0.2, 0.25) is 5.91 Å². The number of hydrogen-bond donors (Lipinski definition) is 2. The lowest BCUT2D eigenvalue weighted by Crippen LogP contribution is -2.40. The Morgan fingerprint density at radius 2 is 1.37 bits per heavy atom. The largest absolute Gasteiger partial charge is 0.480 e. The summed E-state index contributed by atoms with van der Waals surface area (Å²) in [6, 6.07) is 0. The van der Waals surface area contributed by atoms with Crippen molar-refractivity contribution < 1.29 is 24.6 Å². The van der Waals surface area contributed by atoms with Crippen LogP contribution in [-0.4, -0.2) is 88.7 Å². The molecule has 0 atom stereocenters. The SMILES string of the molecule is CC(=O)N1CCN(CC(=O)O)CCN(C(=O)O)CC1. The number of carbonyl (C=O) groups is 3. The summed E-state index contributed by atoms with van der Waals surface area (Å²) in [6.45, 7) is 3.29. The minimum atomic E-state index is -1.05. The number of rotatable bonds is 2. The average molecular weight is 273 g/mol. The van der Waals surface area contributed by atoms with Crippen LogP contribution in [0.1, 0.15) is 6.92 Å². The summed E-state index contributed by atoms with van der Waals surface area (Å²) in [5.74, 6) is -1.10. The van der Waals surface area contributed by atoms with Crippen molar-refractivity contribution in [2.75, 3.05) is 45.8 Å². The van der Waals surface area contributed by atoms with Gasteiger partial charge in [0.15, 0.2) is 0 Å². The Balaban J connectivity index is 2.73. The Kier molecular flexibility index (Phi) is 5.56. The summed E-state index contributed by atoms with van der Waals surface area (Å²) in [5.41, 5.74) is 0. The predicted octanol–water partition coefficient (Wildman–Crippen LogP) is -0.785. The van der Waals surface area contributed by atoms with Crippen LogP contribution < -0.4 is 0 Å². The normalized spacial score (nSPS) is 18.4. The van der Waals surface area contributed by atoms with Gasteiger partial charge in [0.1, 0.15) is 0 Å². The van der Waals surface area contributed by atoms with Crippen LogP contribution in [-0.2, 0) is 9.59 Å². The van der Waals surface area contributed by atoms with E-state index < -0.39 is 12.1 Å².